The Balaban J connectivity index is 1.60. The number of nitrogens with zero attached hydrogens (tertiary/aromatic N) is 1. The van der Waals surface area contributed by atoms with E-state index >= 15 is 0 Å². The second-order valence-corrected chi connectivity index (χ2v) is 5.01. The fourth-order valence-electron chi connectivity index (χ4n) is 1.92. The average Bonchev–Trinajstić information content (AvgIpc) is 2.52. The molecule has 21 heavy (non-hydrogen) atoms. The van der Waals surface area contributed by atoms with E-state index in [0.717, 1.165) is 12.2 Å². The van der Waals surface area contributed by atoms with Crippen molar-refractivity contribution in [1.82, 2.24) is 15.6 Å². The smallest absolute Gasteiger partial charge is 0.221 e. The predicted molar refractivity (Wildman–Crippen MR) is 83.6 cm³/mol. The van der Waals surface area contributed by atoms with Crippen LogP contribution < -0.4 is 10.6 Å². The number of nitrogens with one attached hydrogen (secondary N) is 2. The van der Waals surface area contributed by atoms with Crippen molar-refractivity contribution in [2.75, 3.05) is 6.54 Å². The zero-order valence-corrected chi connectivity index (χ0v) is 12.3. The van der Waals surface area contributed by atoms with Crippen molar-refractivity contribution in [3.05, 3.63) is 65.5 Å². The molecule has 1 aromatic carbocycles. The zero-order valence-electron chi connectivity index (χ0n) is 12.3. The lowest BCUT2D eigenvalue weighted by molar-refractivity contribution is -0.121. The van der Waals surface area contributed by atoms with Crippen LogP contribution in [0.2, 0.25) is 0 Å². The number of hydrogen-bond acceptors (Lipinski definition) is 3. The highest BCUT2D eigenvalue weighted by atomic mass is 16.1. The van der Waals surface area contributed by atoms with E-state index in [0.29, 0.717) is 19.5 Å². The molecule has 0 saturated carbocycles. The molecule has 0 aliphatic heterocycles. The largest absolute Gasteiger partial charge is 0.350 e. The fourth-order valence-corrected chi connectivity index (χ4v) is 1.92. The van der Waals surface area contributed by atoms with Crippen LogP contribution in [0.1, 0.15) is 23.2 Å². The minimum atomic E-state index is 0.0389. The van der Waals surface area contributed by atoms with Gasteiger partial charge >= 0.3 is 0 Å². The van der Waals surface area contributed by atoms with Crippen LogP contribution in [0.25, 0.3) is 0 Å². The number of hydrogen-bond donors (Lipinski definition) is 2. The molecule has 2 rings (SSSR count). The van der Waals surface area contributed by atoms with Gasteiger partial charge < -0.3 is 10.6 Å². The molecular formula is C17H21N3O. The van der Waals surface area contributed by atoms with Crippen LogP contribution in [0.3, 0.4) is 0 Å². The minimum absolute atomic E-state index is 0.0389. The van der Waals surface area contributed by atoms with Crippen molar-refractivity contribution in [2.45, 2.75) is 26.4 Å². The second-order valence-electron chi connectivity index (χ2n) is 5.01. The van der Waals surface area contributed by atoms with Crippen LogP contribution in [0.15, 0.2) is 48.7 Å². The fraction of sp³-hybridized carbons (Fsp3) is 0.294. The summed E-state index contributed by atoms with van der Waals surface area (Å²) in [6, 6.07) is 14.1. The summed E-state index contributed by atoms with van der Waals surface area (Å²) in [5.41, 5.74) is 3.36. The maximum Gasteiger partial charge on any atom is 0.221 e. The Hall–Kier alpha value is -2.20. The average molecular weight is 283 g/mol. The van der Waals surface area contributed by atoms with E-state index < -0.39 is 0 Å². The Labute approximate surface area is 125 Å². The summed E-state index contributed by atoms with van der Waals surface area (Å²) in [5, 5.41) is 6.14. The molecule has 0 atom stereocenters. The van der Waals surface area contributed by atoms with Gasteiger partial charge in [0.1, 0.15) is 0 Å². The Morgan fingerprint density at radius 2 is 1.90 bits per heavy atom. The van der Waals surface area contributed by atoms with Crippen LogP contribution in [-0.2, 0) is 17.9 Å². The molecule has 0 unspecified atom stereocenters. The number of amides is 1. The molecule has 4 heteroatoms. The van der Waals surface area contributed by atoms with E-state index in [4.69, 9.17) is 0 Å². The monoisotopic (exact) mass is 283 g/mol. The molecule has 0 spiro atoms. The van der Waals surface area contributed by atoms with Crippen molar-refractivity contribution in [3.63, 3.8) is 0 Å². The molecule has 2 aromatic rings. The molecule has 1 amide bonds. The van der Waals surface area contributed by atoms with Gasteiger partial charge in [0.25, 0.3) is 0 Å². The third-order valence-corrected chi connectivity index (χ3v) is 3.17. The third kappa shape index (κ3) is 5.75. The van der Waals surface area contributed by atoms with Crippen molar-refractivity contribution < 1.29 is 4.79 Å². The summed E-state index contributed by atoms with van der Waals surface area (Å²) in [7, 11) is 0. The van der Waals surface area contributed by atoms with Crippen molar-refractivity contribution in [2.24, 2.45) is 0 Å². The van der Waals surface area contributed by atoms with Crippen LogP contribution in [-0.4, -0.2) is 17.4 Å². The Kier molecular flexibility index (Phi) is 5.91. The van der Waals surface area contributed by atoms with Crippen molar-refractivity contribution >= 4 is 5.91 Å². The summed E-state index contributed by atoms with van der Waals surface area (Å²) >= 11 is 0. The van der Waals surface area contributed by atoms with Gasteiger partial charge in [-0.15, -0.1) is 0 Å². The molecule has 2 N–H and O–H groups in total. The van der Waals surface area contributed by atoms with Gasteiger partial charge in [0.05, 0.1) is 12.2 Å². The molecule has 0 radical (unpaired) electrons. The highest BCUT2D eigenvalue weighted by molar-refractivity contribution is 5.75. The number of benzene rings is 1. The highest BCUT2D eigenvalue weighted by Gasteiger charge is 2.01. The van der Waals surface area contributed by atoms with Gasteiger partial charge in [-0.3, -0.25) is 9.78 Å². The molecule has 0 bridgehead atoms. The van der Waals surface area contributed by atoms with Gasteiger partial charge in [-0.05, 0) is 24.6 Å². The molecule has 1 aromatic heterocycles. The van der Waals surface area contributed by atoms with E-state index in [-0.39, 0.29) is 5.91 Å². The first-order valence-electron chi connectivity index (χ1n) is 7.17. The van der Waals surface area contributed by atoms with Gasteiger partial charge in [0.15, 0.2) is 0 Å². The second kappa shape index (κ2) is 8.17. The lowest BCUT2D eigenvalue weighted by atomic mass is 10.1. The summed E-state index contributed by atoms with van der Waals surface area (Å²) in [4.78, 5) is 15.9. The summed E-state index contributed by atoms with van der Waals surface area (Å²) in [5.74, 6) is 0.0389. The summed E-state index contributed by atoms with van der Waals surface area (Å²) < 4.78 is 0. The molecule has 1 heterocycles. The zero-order chi connectivity index (χ0) is 14.9. The molecule has 0 fully saturated rings. The number of rotatable bonds is 7. The van der Waals surface area contributed by atoms with Crippen LogP contribution >= 0.6 is 0 Å². The van der Waals surface area contributed by atoms with Crippen LogP contribution in [0, 0.1) is 6.92 Å². The van der Waals surface area contributed by atoms with Crippen LogP contribution in [0.5, 0.6) is 0 Å². The molecular weight excluding hydrogens is 262 g/mol. The predicted octanol–water partition coefficient (Wildman–Crippen LogP) is 2.19. The topological polar surface area (TPSA) is 54.0 Å². The van der Waals surface area contributed by atoms with Gasteiger partial charge in [0, 0.05) is 25.7 Å². The summed E-state index contributed by atoms with van der Waals surface area (Å²) in [6.45, 7) is 4.01. The molecule has 0 aliphatic rings. The van der Waals surface area contributed by atoms with E-state index in [9.17, 15) is 4.79 Å². The number of aromatic nitrogens is 1. The lowest BCUT2D eigenvalue weighted by Crippen LogP contribution is -2.27. The van der Waals surface area contributed by atoms with Crippen molar-refractivity contribution in [1.29, 1.82) is 0 Å². The summed E-state index contributed by atoms with van der Waals surface area (Å²) in [6.07, 6.45) is 2.20. The lowest BCUT2D eigenvalue weighted by Gasteiger charge is -2.06. The first-order valence-corrected chi connectivity index (χ1v) is 7.17. The Bertz CT molecular complexity index is 552. The van der Waals surface area contributed by atoms with Crippen molar-refractivity contribution in [3.8, 4) is 0 Å². The Morgan fingerprint density at radius 3 is 2.62 bits per heavy atom. The van der Waals surface area contributed by atoms with Crippen LogP contribution in [0.4, 0.5) is 0 Å². The normalized spacial score (nSPS) is 10.3. The van der Waals surface area contributed by atoms with E-state index in [1.54, 1.807) is 6.20 Å². The molecule has 110 valence electrons. The van der Waals surface area contributed by atoms with E-state index in [1.807, 2.05) is 18.2 Å². The van der Waals surface area contributed by atoms with E-state index in [2.05, 4.69) is 46.8 Å². The molecule has 4 nitrogen and oxygen atoms in total. The Morgan fingerprint density at radius 1 is 1.10 bits per heavy atom. The first kappa shape index (κ1) is 15.2. The maximum atomic E-state index is 11.7. The van der Waals surface area contributed by atoms with Gasteiger partial charge in [-0.1, -0.05) is 35.9 Å². The number of carbonyl (C=O) groups excluding carboxylic acids is 1. The number of aryl methyl sites for hydroxylation is 1. The standard InChI is InChI=1S/C17H21N3O/c1-14-5-7-15(8-6-14)12-18-11-9-17(21)20-13-16-4-2-3-10-19-16/h2-8,10,18H,9,11-13H2,1H3,(H,20,21). The van der Waals surface area contributed by atoms with E-state index in [1.165, 1.54) is 11.1 Å². The highest BCUT2D eigenvalue weighted by Crippen LogP contribution is 2.02. The molecule has 0 saturated heterocycles. The third-order valence-electron chi connectivity index (χ3n) is 3.17. The SMILES string of the molecule is Cc1ccc(CNCCC(=O)NCc2ccccn2)cc1. The number of carbonyl (C=O) groups is 1. The van der Waals surface area contributed by atoms with Gasteiger partial charge in [-0.2, -0.15) is 0 Å². The first-order chi connectivity index (χ1) is 10.2. The quantitative estimate of drug-likeness (QED) is 0.766. The van der Waals surface area contributed by atoms with Gasteiger partial charge in [0.2, 0.25) is 5.91 Å². The maximum absolute atomic E-state index is 11.7. The minimum Gasteiger partial charge on any atom is -0.350 e. The number of pyridine rings is 1. The molecule has 0 aliphatic carbocycles. The van der Waals surface area contributed by atoms with Gasteiger partial charge in [-0.25, -0.2) is 0 Å².